The van der Waals surface area contributed by atoms with Crippen LogP contribution < -0.4 is 10.2 Å². The third-order valence-corrected chi connectivity index (χ3v) is 6.57. The molecule has 3 aromatic carbocycles. The second-order valence-corrected chi connectivity index (χ2v) is 9.57. The van der Waals surface area contributed by atoms with Crippen molar-refractivity contribution in [3.05, 3.63) is 111 Å². The molecule has 0 saturated heterocycles. The molecule has 184 valence electrons. The minimum Gasteiger partial charge on any atom is -0.489 e. The first-order valence-electron chi connectivity index (χ1n) is 12.2. The van der Waals surface area contributed by atoms with Gasteiger partial charge < -0.3 is 19.0 Å². The standard InChI is InChI=1S/C30H30N2O4/c1-20-10-15-25-24(18-20)28(33)26-27(32(17-7-16-31(2)3)30(34)29(26)36-25)22-11-13-23(14-12-22)35-19-21-8-5-4-6-9-21/h4-6,8-15,18,27H,7,16-17,19H2,1-3H3. The van der Waals surface area contributed by atoms with Gasteiger partial charge in [0.05, 0.1) is 17.0 Å². The zero-order valence-electron chi connectivity index (χ0n) is 20.9. The zero-order chi connectivity index (χ0) is 25.2. The van der Waals surface area contributed by atoms with Gasteiger partial charge in [0, 0.05) is 6.54 Å². The largest absolute Gasteiger partial charge is 0.489 e. The Hall–Kier alpha value is -3.90. The Morgan fingerprint density at radius 1 is 0.972 bits per heavy atom. The lowest BCUT2D eigenvalue weighted by atomic mass is 9.98. The highest BCUT2D eigenvalue weighted by Crippen LogP contribution is 2.38. The van der Waals surface area contributed by atoms with E-state index in [0.717, 1.165) is 35.4 Å². The van der Waals surface area contributed by atoms with Gasteiger partial charge in [-0.3, -0.25) is 9.59 Å². The minimum absolute atomic E-state index is 0.146. The molecule has 36 heavy (non-hydrogen) atoms. The molecular weight excluding hydrogens is 452 g/mol. The molecule has 1 atom stereocenters. The summed E-state index contributed by atoms with van der Waals surface area (Å²) in [5, 5.41) is 0.504. The summed E-state index contributed by atoms with van der Waals surface area (Å²) in [5.41, 5.74) is 3.63. The lowest BCUT2D eigenvalue weighted by molar-refractivity contribution is 0.0722. The highest BCUT2D eigenvalue weighted by Gasteiger charge is 2.42. The number of carbonyl (C=O) groups excluding carboxylic acids is 1. The summed E-state index contributed by atoms with van der Waals surface area (Å²) in [4.78, 5) is 31.0. The van der Waals surface area contributed by atoms with Crippen LogP contribution in [0.4, 0.5) is 0 Å². The Morgan fingerprint density at radius 3 is 2.44 bits per heavy atom. The van der Waals surface area contributed by atoms with Crippen LogP contribution in [0.2, 0.25) is 0 Å². The smallest absolute Gasteiger partial charge is 0.290 e. The van der Waals surface area contributed by atoms with E-state index in [2.05, 4.69) is 4.90 Å². The predicted octanol–water partition coefficient (Wildman–Crippen LogP) is 5.18. The van der Waals surface area contributed by atoms with Crippen molar-refractivity contribution < 1.29 is 13.9 Å². The third-order valence-electron chi connectivity index (χ3n) is 6.57. The number of aryl methyl sites for hydroxylation is 1. The van der Waals surface area contributed by atoms with Gasteiger partial charge in [-0.2, -0.15) is 0 Å². The van der Waals surface area contributed by atoms with Gasteiger partial charge in [-0.05, 0) is 69.4 Å². The molecule has 6 heteroatoms. The summed E-state index contributed by atoms with van der Waals surface area (Å²) in [7, 11) is 4.01. The van der Waals surface area contributed by atoms with E-state index in [1.165, 1.54) is 0 Å². The highest BCUT2D eigenvalue weighted by atomic mass is 16.5. The maximum Gasteiger partial charge on any atom is 0.290 e. The summed E-state index contributed by atoms with van der Waals surface area (Å²) in [6, 6.07) is 22.6. The van der Waals surface area contributed by atoms with E-state index in [1.54, 1.807) is 11.0 Å². The Labute approximate surface area is 210 Å². The number of carbonyl (C=O) groups is 1. The van der Waals surface area contributed by atoms with Crippen molar-refractivity contribution in [1.82, 2.24) is 9.80 Å². The fraction of sp³-hybridized carbons (Fsp3) is 0.267. The Bertz CT molecular complexity index is 1440. The third kappa shape index (κ3) is 4.64. The summed E-state index contributed by atoms with van der Waals surface area (Å²) in [6.07, 6.45) is 0.786. The van der Waals surface area contributed by atoms with Crippen molar-refractivity contribution in [2.45, 2.75) is 26.0 Å². The van der Waals surface area contributed by atoms with E-state index < -0.39 is 6.04 Å². The topological polar surface area (TPSA) is 63.0 Å². The van der Waals surface area contributed by atoms with Crippen molar-refractivity contribution in [3.8, 4) is 5.75 Å². The number of hydrogen-bond donors (Lipinski definition) is 0. The van der Waals surface area contributed by atoms with E-state index in [-0.39, 0.29) is 17.1 Å². The molecule has 0 radical (unpaired) electrons. The normalized spacial score (nSPS) is 15.1. The van der Waals surface area contributed by atoms with Gasteiger partial charge in [0.15, 0.2) is 5.43 Å². The molecule has 0 bridgehead atoms. The molecule has 4 aromatic rings. The predicted molar refractivity (Wildman–Crippen MR) is 140 cm³/mol. The number of amides is 1. The monoisotopic (exact) mass is 482 g/mol. The molecule has 0 fully saturated rings. The molecule has 1 aliphatic rings. The average Bonchev–Trinajstić information content (AvgIpc) is 3.16. The number of fused-ring (bicyclic) bond motifs is 2. The minimum atomic E-state index is -0.501. The van der Waals surface area contributed by atoms with Crippen LogP contribution in [-0.4, -0.2) is 42.9 Å². The molecule has 0 aliphatic carbocycles. The van der Waals surface area contributed by atoms with E-state index >= 15 is 0 Å². The van der Waals surface area contributed by atoms with Crippen LogP contribution in [-0.2, 0) is 6.61 Å². The number of benzene rings is 3. The first-order valence-corrected chi connectivity index (χ1v) is 12.2. The van der Waals surface area contributed by atoms with Crippen LogP contribution in [0.15, 0.2) is 82.0 Å². The molecule has 0 N–H and O–H groups in total. The second-order valence-electron chi connectivity index (χ2n) is 9.57. The van der Waals surface area contributed by atoms with E-state index in [4.69, 9.17) is 9.15 Å². The van der Waals surface area contributed by atoms with Crippen LogP contribution in [0.25, 0.3) is 11.0 Å². The van der Waals surface area contributed by atoms with Gasteiger partial charge in [-0.1, -0.05) is 54.1 Å². The number of rotatable bonds is 8. The van der Waals surface area contributed by atoms with Crippen LogP contribution in [0, 0.1) is 6.92 Å². The average molecular weight is 483 g/mol. The molecule has 5 rings (SSSR count). The molecule has 1 unspecified atom stereocenters. The number of ether oxygens (including phenoxy) is 1. The highest BCUT2D eigenvalue weighted by molar-refractivity contribution is 5.99. The SMILES string of the molecule is Cc1ccc2oc3c(c(=O)c2c1)C(c1ccc(OCc2ccccc2)cc1)N(CCCN(C)C)C3=O. The van der Waals surface area contributed by atoms with Crippen molar-refractivity contribution in [2.24, 2.45) is 0 Å². The van der Waals surface area contributed by atoms with Gasteiger partial charge in [-0.25, -0.2) is 0 Å². The van der Waals surface area contributed by atoms with E-state index in [0.29, 0.717) is 29.7 Å². The van der Waals surface area contributed by atoms with E-state index in [9.17, 15) is 9.59 Å². The first-order chi connectivity index (χ1) is 17.4. The molecule has 6 nitrogen and oxygen atoms in total. The van der Waals surface area contributed by atoms with Crippen LogP contribution >= 0.6 is 0 Å². The fourth-order valence-electron chi connectivity index (χ4n) is 4.76. The molecule has 1 aromatic heterocycles. The number of hydrogen-bond acceptors (Lipinski definition) is 5. The molecule has 2 heterocycles. The summed E-state index contributed by atoms with van der Waals surface area (Å²) in [6.45, 7) is 3.77. The summed E-state index contributed by atoms with van der Waals surface area (Å²) in [5.74, 6) is 0.640. The first kappa shape index (κ1) is 23.8. The van der Waals surface area contributed by atoms with Gasteiger partial charge in [0.2, 0.25) is 5.76 Å². The van der Waals surface area contributed by atoms with Crippen LogP contribution in [0.1, 0.15) is 45.3 Å². The van der Waals surface area contributed by atoms with Gasteiger partial charge >= 0.3 is 0 Å². The van der Waals surface area contributed by atoms with Crippen LogP contribution in [0.3, 0.4) is 0 Å². The second kappa shape index (κ2) is 9.99. The summed E-state index contributed by atoms with van der Waals surface area (Å²) >= 11 is 0. The fourth-order valence-corrected chi connectivity index (χ4v) is 4.76. The van der Waals surface area contributed by atoms with Crippen LogP contribution in [0.5, 0.6) is 5.75 Å². The maximum absolute atomic E-state index is 13.7. The van der Waals surface area contributed by atoms with Gasteiger partial charge in [-0.15, -0.1) is 0 Å². The maximum atomic E-state index is 13.7. The number of nitrogens with zero attached hydrogens (tertiary/aromatic N) is 2. The Morgan fingerprint density at radius 2 is 1.72 bits per heavy atom. The summed E-state index contributed by atoms with van der Waals surface area (Å²) < 4.78 is 12.0. The van der Waals surface area contributed by atoms with Crippen molar-refractivity contribution in [3.63, 3.8) is 0 Å². The molecular formula is C30H30N2O4. The quantitative estimate of drug-likeness (QED) is 0.346. The van der Waals surface area contributed by atoms with Crippen molar-refractivity contribution in [2.75, 3.05) is 27.2 Å². The lowest BCUT2D eigenvalue weighted by Crippen LogP contribution is -2.32. The molecule has 0 saturated carbocycles. The Balaban J connectivity index is 1.50. The molecule has 1 aliphatic heterocycles. The van der Waals surface area contributed by atoms with Crippen molar-refractivity contribution in [1.29, 1.82) is 0 Å². The van der Waals surface area contributed by atoms with E-state index in [1.807, 2.05) is 87.7 Å². The zero-order valence-corrected chi connectivity index (χ0v) is 20.9. The molecule has 1 amide bonds. The van der Waals surface area contributed by atoms with Crippen molar-refractivity contribution >= 4 is 16.9 Å². The lowest BCUT2D eigenvalue weighted by Gasteiger charge is -2.26. The molecule has 0 spiro atoms. The Kier molecular flexibility index (Phi) is 6.61. The van der Waals surface area contributed by atoms with Gasteiger partial charge in [0.25, 0.3) is 5.91 Å². The van der Waals surface area contributed by atoms with Gasteiger partial charge in [0.1, 0.15) is 17.9 Å².